The lowest BCUT2D eigenvalue weighted by Crippen LogP contribution is -2.51. The van der Waals surface area contributed by atoms with Crippen molar-refractivity contribution in [2.45, 2.75) is 31.2 Å². The van der Waals surface area contributed by atoms with Crippen LogP contribution in [0.5, 0.6) is 0 Å². The molecule has 2 rings (SSSR count). The van der Waals surface area contributed by atoms with Gasteiger partial charge in [-0.05, 0) is 19.8 Å². The summed E-state index contributed by atoms with van der Waals surface area (Å²) >= 11 is 5.81. The van der Waals surface area contributed by atoms with Gasteiger partial charge in [-0.3, -0.25) is 9.69 Å². The van der Waals surface area contributed by atoms with Gasteiger partial charge in [-0.1, -0.05) is 0 Å². The van der Waals surface area contributed by atoms with Gasteiger partial charge in [0.25, 0.3) is 0 Å². The minimum atomic E-state index is -0.403. The second kappa shape index (κ2) is 6.03. The summed E-state index contributed by atoms with van der Waals surface area (Å²) in [6.07, 6.45) is 2.77. The van der Waals surface area contributed by atoms with Crippen LogP contribution in [0.1, 0.15) is 19.8 Å². The van der Waals surface area contributed by atoms with Crippen molar-refractivity contribution >= 4 is 17.5 Å². The SMILES string of the molecule is CC(Cl)C(=O)N1CCN(CC2CCCO2)CC1. The van der Waals surface area contributed by atoms with Crippen molar-refractivity contribution in [1.29, 1.82) is 0 Å². The molecule has 0 bridgehead atoms. The Morgan fingerprint density at radius 1 is 1.41 bits per heavy atom. The largest absolute Gasteiger partial charge is 0.377 e. The van der Waals surface area contributed by atoms with E-state index in [4.69, 9.17) is 16.3 Å². The highest BCUT2D eigenvalue weighted by molar-refractivity contribution is 6.30. The number of hydrogen-bond donors (Lipinski definition) is 0. The molecule has 0 aliphatic carbocycles. The van der Waals surface area contributed by atoms with E-state index in [1.165, 1.54) is 12.8 Å². The van der Waals surface area contributed by atoms with E-state index in [9.17, 15) is 4.79 Å². The lowest BCUT2D eigenvalue weighted by atomic mass is 10.2. The molecule has 0 saturated carbocycles. The molecule has 2 aliphatic rings. The molecule has 4 nitrogen and oxygen atoms in total. The van der Waals surface area contributed by atoms with Crippen molar-refractivity contribution in [3.8, 4) is 0 Å². The van der Waals surface area contributed by atoms with Crippen LogP contribution >= 0.6 is 11.6 Å². The van der Waals surface area contributed by atoms with Crippen molar-refractivity contribution in [2.75, 3.05) is 39.3 Å². The summed E-state index contributed by atoms with van der Waals surface area (Å²) in [6.45, 7) is 7.13. The Balaban J connectivity index is 1.72. The molecule has 0 aromatic heterocycles. The number of amides is 1. The maximum Gasteiger partial charge on any atom is 0.240 e. The summed E-state index contributed by atoms with van der Waals surface area (Å²) in [5.41, 5.74) is 0. The van der Waals surface area contributed by atoms with E-state index < -0.39 is 5.38 Å². The highest BCUT2D eigenvalue weighted by Gasteiger charge is 2.26. The van der Waals surface area contributed by atoms with Crippen LogP contribution in [0.4, 0.5) is 0 Å². The number of piperazine rings is 1. The van der Waals surface area contributed by atoms with Crippen LogP contribution in [0.25, 0.3) is 0 Å². The fraction of sp³-hybridized carbons (Fsp3) is 0.917. The average Bonchev–Trinajstić information content (AvgIpc) is 2.82. The summed E-state index contributed by atoms with van der Waals surface area (Å²) in [5, 5.41) is -0.403. The van der Waals surface area contributed by atoms with Gasteiger partial charge >= 0.3 is 0 Å². The molecule has 2 heterocycles. The maximum atomic E-state index is 11.7. The van der Waals surface area contributed by atoms with Crippen molar-refractivity contribution in [3.63, 3.8) is 0 Å². The van der Waals surface area contributed by atoms with E-state index in [0.717, 1.165) is 39.3 Å². The topological polar surface area (TPSA) is 32.8 Å². The van der Waals surface area contributed by atoms with Gasteiger partial charge in [0.05, 0.1) is 6.10 Å². The molecule has 0 radical (unpaired) electrons. The Labute approximate surface area is 108 Å². The van der Waals surface area contributed by atoms with Crippen molar-refractivity contribution in [2.24, 2.45) is 0 Å². The lowest BCUT2D eigenvalue weighted by molar-refractivity contribution is -0.132. The molecule has 98 valence electrons. The molecule has 0 spiro atoms. The zero-order valence-electron chi connectivity index (χ0n) is 10.4. The molecule has 2 atom stereocenters. The van der Waals surface area contributed by atoms with Gasteiger partial charge in [-0.2, -0.15) is 0 Å². The first-order chi connectivity index (χ1) is 8.16. The van der Waals surface area contributed by atoms with E-state index in [1.54, 1.807) is 6.92 Å². The number of rotatable bonds is 3. The zero-order chi connectivity index (χ0) is 12.3. The summed E-state index contributed by atoms with van der Waals surface area (Å²) in [5.74, 6) is 0.0587. The van der Waals surface area contributed by atoms with Gasteiger partial charge in [0.1, 0.15) is 5.38 Å². The summed E-state index contributed by atoms with van der Waals surface area (Å²) < 4.78 is 5.62. The third-order valence-corrected chi connectivity index (χ3v) is 3.70. The summed E-state index contributed by atoms with van der Waals surface area (Å²) in [6, 6.07) is 0. The molecule has 2 fully saturated rings. The van der Waals surface area contributed by atoms with Crippen molar-refractivity contribution < 1.29 is 9.53 Å². The van der Waals surface area contributed by atoms with Gasteiger partial charge in [0.15, 0.2) is 0 Å². The quantitative estimate of drug-likeness (QED) is 0.708. The smallest absolute Gasteiger partial charge is 0.240 e. The fourth-order valence-electron chi connectivity index (χ4n) is 2.48. The van der Waals surface area contributed by atoms with Gasteiger partial charge in [-0.25, -0.2) is 0 Å². The average molecular weight is 261 g/mol. The van der Waals surface area contributed by atoms with Crippen molar-refractivity contribution in [1.82, 2.24) is 9.80 Å². The van der Waals surface area contributed by atoms with E-state index in [2.05, 4.69) is 4.90 Å². The van der Waals surface area contributed by atoms with Crippen LogP contribution in [-0.4, -0.2) is 66.5 Å². The minimum Gasteiger partial charge on any atom is -0.377 e. The highest BCUT2D eigenvalue weighted by atomic mass is 35.5. The Morgan fingerprint density at radius 2 is 2.12 bits per heavy atom. The van der Waals surface area contributed by atoms with Gasteiger partial charge in [0, 0.05) is 39.3 Å². The van der Waals surface area contributed by atoms with Gasteiger partial charge in [0.2, 0.25) is 5.91 Å². The van der Waals surface area contributed by atoms with E-state index in [-0.39, 0.29) is 5.91 Å². The maximum absolute atomic E-state index is 11.7. The monoisotopic (exact) mass is 260 g/mol. The number of ether oxygens (including phenoxy) is 1. The number of halogens is 1. The predicted octanol–water partition coefficient (Wildman–Crippen LogP) is 0.937. The Bertz CT molecular complexity index is 259. The minimum absolute atomic E-state index is 0.0587. The first-order valence-corrected chi connectivity index (χ1v) is 6.87. The summed E-state index contributed by atoms with van der Waals surface area (Å²) in [7, 11) is 0. The van der Waals surface area contributed by atoms with Gasteiger partial charge < -0.3 is 9.64 Å². The predicted molar refractivity (Wildman–Crippen MR) is 67.3 cm³/mol. The molecule has 2 unspecified atom stereocenters. The van der Waals surface area contributed by atoms with Crippen LogP contribution in [0.3, 0.4) is 0 Å². The molecule has 0 aromatic rings. The molecule has 5 heteroatoms. The van der Waals surface area contributed by atoms with Crippen molar-refractivity contribution in [3.05, 3.63) is 0 Å². The van der Waals surface area contributed by atoms with E-state index >= 15 is 0 Å². The molecule has 2 aliphatic heterocycles. The molecule has 2 saturated heterocycles. The fourth-order valence-corrected chi connectivity index (χ4v) is 2.62. The molecular weight excluding hydrogens is 240 g/mol. The Morgan fingerprint density at radius 3 is 2.65 bits per heavy atom. The Hall–Kier alpha value is -0.320. The molecule has 17 heavy (non-hydrogen) atoms. The van der Waals surface area contributed by atoms with Crippen LogP contribution in [0.15, 0.2) is 0 Å². The first kappa shape index (κ1) is 13.1. The first-order valence-electron chi connectivity index (χ1n) is 6.43. The number of carbonyl (C=O) groups is 1. The van der Waals surface area contributed by atoms with E-state index in [1.807, 2.05) is 4.90 Å². The molecule has 0 N–H and O–H groups in total. The third-order valence-electron chi connectivity index (χ3n) is 3.51. The second-order valence-electron chi connectivity index (χ2n) is 4.88. The number of alkyl halides is 1. The highest BCUT2D eigenvalue weighted by Crippen LogP contribution is 2.15. The standard InChI is InChI=1S/C12H21ClN2O2/c1-10(13)12(16)15-6-4-14(5-7-15)9-11-3-2-8-17-11/h10-11H,2-9H2,1H3. The second-order valence-corrected chi connectivity index (χ2v) is 5.53. The van der Waals surface area contributed by atoms with Crippen LogP contribution < -0.4 is 0 Å². The number of hydrogen-bond acceptors (Lipinski definition) is 3. The number of carbonyl (C=O) groups excluding carboxylic acids is 1. The normalized spacial score (nSPS) is 28.4. The van der Waals surface area contributed by atoms with Crippen LogP contribution in [0, 0.1) is 0 Å². The summed E-state index contributed by atoms with van der Waals surface area (Å²) in [4.78, 5) is 16.0. The molecule has 0 aromatic carbocycles. The lowest BCUT2D eigenvalue weighted by Gasteiger charge is -2.36. The van der Waals surface area contributed by atoms with Crippen LogP contribution in [0.2, 0.25) is 0 Å². The van der Waals surface area contributed by atoms with E-state index in [0.29, 0.717) is 6.10 Å². The Kier molecular flexibility index (Phi) is 4.65. The third kappa shape index (κ3) is 3.57. The zero-order valence-corrected chi connectivity index (χ0v) is 11.2. The molecule has 1 amide bonds. The van der Waals surface area contributed by atoms with Gasteiger partial charge in [-0.15, -0.1) is 11.6 Å². The number of nitrogens with zero attached hydrogens (tertiary/aromatic N) is 2. The van der Waals surface area contributed by atoms with Crippen LogP contribution in [-0.2, 0) is 9.53 Å². The molecular formula is C12H21ClN2O2.